The van der Waals surface area contributed by atoms with Gasteiger partial charge in [-0.15, -0.1) is 0 Å². The minimum absolute atomic E-state index is 0.109. The third-order valence-corrected chi connectivity index (χ3v) is 1.77. The van der Waals surface area contributed by atoms with Gasteiger partial charge in [0.05, 0.1) is 20.3 Å². The zero-order valence-corrected chi connectivity index (χ0v) is 9.29. The molecule has 0 aliphatic carbocycles. The highest BCUT2D eigenvalue weighted by molar-refractivity contribution is 5.23. The number of ether oxygens (including phenoxy) is 2. The zero-order chi connectivity index (χ0) is 10.8. The first-order valence-corrected chi connectivity index (χ1v) is 4.45. The highest BCUT2D eigenvalue weighted by atomic mass is 16.5. The van der Waals surface area contributed by atoms with Gasteiger partial charge in [0.1, 0.15) is 5.82 Å². The van der Waals surface area contributed by atoms with Crippen LogP contribution in [0.2, 0.25) is 0 Å². The molecule has 0 spiro atoms. The molecule has 0 saturated heterocycles. The Morgan fingerprint density at radius 2 is 1.43 bits per heavy atom. The van der Waals surface area contributed by atoms with Crippen molar-refractivity contribution in [2.75, 3.05) is 14.2 Å². The fourth-order valence-electron chi connectivity index (χ4n) is 0.948. The van der Waals surface area contributed by atoms with Gasteiger partial charge in [-0.3, -0.25) is 0 Å². The maximum Gasteiger partial charge on any atom is 0.220 e. The fourth-order valence-corrected chi connectivity index (χ4v) is 0.948. The summed E-state index contributed by atoms with van der Waals surface area (Å²) in [5, 5.41) is 0. The summed E-state index contributed by atoms with van der Waals surface area (Å²) < 4.78 is 10.1. The van der Waals surface area contributed by atoms with Crippen molar-refractivity contribution >= 4 is 0 Å². The topological polar surface area (TPSA) is 44.2 Å². The van der Waals surface area contributed by atoms with Crippen molar-refractivity contribution in [3.05, 3.63) is 11.9 Å². The Kier molecular flexibility index (Phi) is 2.93. The molecule has 0 radical (unpaired) electrons. The lowest BCUT2D eigenvalue weighted by atomic mass is 9.96. The molecule has 1 heterocycles. The maximum atomic E-state index is 5.06. The number of hydrogen-bond donors (Lipinski definition) is 0. The molecule has 0 amide bonds. The summed E-state index contributed by atoms with van der Waals surface area (Å²) in [6.45, 7) is 6.13. The molecule has 14 heavy (non-hydrogen) atoms. The second-order valence-electron chi connectivity index (χ2n) is 4.03. The summed E-state index contributed by atoms with van der Waals surface area (Å²) in [6.07, 6.45) is 0. The minimum atomic E-state index is -0.109. The van der Waals surface area contributed by atoms with Crippen LogP contribution in [0.4, 0.5) is 0 Å². The van der Waals surface area contributed by atoms with E-state index in [0.29, 0.717) is 17.6 Å². The Labute approximate surface area is 84.3 Å². The molecule has 0 atom stereocenters. The zero-order valence-electron chi connectivity index (χ0n) is 9.29. The molecule has 0 aliphatic heterocycles. The van der Waals surface area contributed by atoms with Crippen molar-refractivity contribution < 1.29 is 9.47 Å². The molecule has 0 aliphatic rings. The molecule has 4 nitrogen and oxygen atoms in total. The van der Waals surface area contributed by atoms with E-state index < -0.39 is 0 Å². The Balaban J connectivity index is 3.17. The van der Waals surface area contributed by atoms with Crippen LogP contribution >= 0.6 is 0 Å². The maximum absolute atomic E-state index is 5.06. The molecule has 4 heteroatoms. The molecule has 1 aromatic rings. The number of aromatic nitrogens is 2. The van der Waals surface area contributed by atoms with Crippen molar-refractivity contribution in [2.45, 2.75) is 26.2 Å². The lowest BCUT2D eigenvalue weighted by Crippen LogP contribution is -2.16. The van der Waals surface area contributed by atoms with Gasteiger partial charge in [-0.05, 0) is 0 Å². The van der Waals surface area contributed by atoms with Gasteiger partial charge in [0.25, 0.3) is 0 Å². The van der Waals surface area contributed by atoms with Gasteiger partial charge in [0.2, 0.25) is 11.8 Å². The van der Waals surface area contributed by atoms with Gasteiger partial charge in [0, 0.05) is 5.41 Å². The van der Waals surface area contributed by atoms with Crippen molar-refractivity contribution in [1.82, 2.24) is 9.97 Å². The molecule has 1 rings (SSSR count). The Morgan fingerprint density at radius 3 is 1.71 bits per heavy atom. The van der Waals surface area contributed by atoms with E-state index in [1.54, 1.807) is 20.3 Å². The Morgan fingerprint density at radius 1 is 1.00 bits per heavy atom. The fraction of sp³-hybridized carbons (Fsp3) is 0.600. The number of nitrogens with zero attached hydrogens (tertiary/aromatic N) is 2. The van der Waals surface area contributed by atoms with E-state index in [1.165, 1.54) is 0 Å². The molecule has 0 bridgehead atoms. The molecule has 0 unspecified atom stereocenters. The van der Waals surface area contributed by atoms with Crippen molar-refractivity contribution in [3.63, 3.8) is 0 Å². The van der Waals surface area contributed by atoms with Gasteiger partial charge in [-0.25, -0.2) is 0 Å². The van der Waals surface area contributed by atoms with Gasteiger partial charge in [-0.1, -0.05) is 20.8 Å². The third kappa shape index (κ3) is 2.34. The van der Waals surface area contributed by atoms with Crippen LogP contribution in [0, 0.1) is 0 Å². The van der Waals surface area contributed by atoms with E-state index in [9.17, 15) is 0 Å². The van der Waals surface area contributed by atoms with E-state index in [4.69, 9.17) is 9.47 Å². The predicted octanol–water partition coefficient (Wildman–Crippen LogP) is 1.79. The standard InChI is InChI=1S/C10H16N2O2/c1-10(2,3)9-11-7(13-4)6-8(12-9)14-5/h6H,1-5H3. The van der Waals surface area contributed by atoms with Crippen LogP contribution in [0.25, 0.3) is 0 Å². The molecule has 1 aromatic heterocycles. The lowest BCUT2D eigenvalue weighted by molar-refractivity contribution is 0.360. The number of hydrogen-bond acceptors (Lipinski definition) is 4. The SMILES string of the molecule is COc1cc(OC)nc(C(C)(C)C)n1. The molecular weight excluding hydrogens is 180 g/mol. The van der Waals surface area contributed by atoms with Crippen molar-refractivity contribution in [1.29, 1.82) is 0 Å². The van der Waals surface area contributed by atoms with Crippen LogP contribution < -0.4 is 9.47 Å². The average molecular weight is 196 g/mol. The van der Waals surface area contributed by atoms with Crippen LogP contribution in [0.1, 0.15) is 26.6 Å². The lowest BCUT2D eigenvalue weighted by Gasteiger charge is -2.17. The minimum Gasteiger partial charge on any atom is -0.481 e. The third-order valence-electron chi connectivity index (χ3n) is 1.77. The largest absolute Gasteiger partial charge is 0.481 e. The summed E-state index contributed by atoms with van der Waals surface area (Å²) in [5.74, 6) is 1.78. The van der Waals surface area contributed by atoms with E-state index in [0.717, 1.165) is 0 Å². The molecule has 0 N–H and O–H groups in total. The first-order chi connectivity index (χ1) is 6.47. The summed E-state index contributed by atoms with van der Waals surface area (Å²) in [7, 11) is 3.16. The Hall–Kier alpha value is -1.32. The quantitative estimate of drug-likeness (QED) is 0.723. The van der Waals surface area contributed by atoms with E-state index in [1.807, 2.05) is 20.8 Å². The predicted molar refractivity (Wildman–Crippen MR) is 53.8 cm³/mol. The number of rotatable bonds is 2. The van der Waals surface area contributed by atoms with Crippen LogP contribution in [0.5, 0.6) is 11.8 Å². The van der Waals surface area contributed by atoms with Crippen LogP contribution in [-0.4, -0.2) is 24.2 Å². The summed E-state index contributed by atoms with van der Waals surface area (Å²) >= 11 is 0. The van der Waals surface area contributed by atoms with Crippen molar-refractivity contribution in [3.8, 4) is 11.8 Å². The smallest absolute Gasteiger partial charge is 0.220 e. The molecule has 0 saturated carbocycles. The molecule has 78 valence electrons. The van der Waals surface area contributed by atoms with E-state index in [-0.39, 0.29) is 5.41 Å². The van der Waals surface area contributed by atoms with Gasteiger partial charge >= 0.3 is 0 Å². The average Bonchev–Trinajstić information content (AvgIpc) is 2.15. The van der Waals surface area contributed by atoms with Crippen LogP contribution in [0.3, 0.4) is 0 Å². The number of methoxy groups -OCH3 is 2. The van der Waals surface area contributed by atoms with Crippen molar-refractivity contribution in [2.24, 2.45) is 0 Å². The second-order valence-corrected chi connectivity index (χ2v) is 4.03. The highest BCUT2D eigenvalue weighted by Crippen LogP contribution is 2.23. The van der Waals surface area contributed by atoms with E-state index >= 15 is 0 Å². The Bertz CT molecular complexity index is 296. The van der Waals surface area contributed by atoms with Crippen LogP contribution in [-0.2, 0) is 5.41 Å². The summed E-state index contributed by atoms with van der Waals surface area (Å²) in [6, 6.07) is 1.66. The highest BCUT2D eigenvalue weighted by Gasteiger charge is 2.19. The van der Waals surface area contributed by atoms with E-state index in [2.05, 4.69) is 9.97 Å². The normalized spacial score (nSPS) is 11.2. The monoisotopic (exact) mass is 196 g/mol. The first-order valence-electron chi connectivity index (χ1n) is 4.45. The molecule has 0 fully saturated rings. The van der Waals surface area contributed by atoms with Gasteiger partial charge in [0.15, 0.2) is 0 Å². The van der Waals surface area contributed by atoms with Gasteiger partial charge in [-0.2, -0.15) is 9.97 Å². The molecule has 0 aromatic carbocycles. The molecular formula is C10H16N2O2. The van der Waals surface area contributed by atoms with Crippen LogP contribution in [0.15, 0.2) is 6.07 Å². The first kappa shape index (κ1) is 10.8. The van der Waals surface area contributed by atoms with Gasteiger partial charge < -0.3 is 9.47 Å². The summed E-state index contributed by atoms with van der Waals surface area (Å²) in [5.41, 5.74) is -0.109. The second kappa shape index (κ2) is 3.82. The summed E-state index contributed by atoms with van der Waals surface area (Å²) in [4.78, 5) is 8.52.